The maximum atomic E-state index is 12.8. The summed E-state index contributed by atoms with van der Waals surface area (Å²) in [6.45, 7) is 16.3. The minimum absolute atomic E-state index is 0.0583. The van der Waals surface area contributed by atoms with Crippen LogP contribution in [0.4, 0.5) is 0 Å². The van der Waals surface area contributed by atoms with E-state index in [0.29, 0.717) is 12.8 Å². The molecule has 1 saturated heterocycles. The lowest BCUT2D eigenvalue weighted by Crippen LogP contribution is -2.68. The average Bonchev–Trinajstić information content (AvgIpc) is 2.25. The van der Waals surface area contributed by atoms with Gasteiger partial charge in [0.1, 0.15) is 0 Å². The van der Waals surface area contributed by atoms with E-state index in [9.17, 15) is 9.59 Å². The molecule has 122 valence electrons. The van der Waals surface area contributed by atoms with Gasteiger partial charge >= 0.3 is 0 Å². The number of carbonyl (C=O) groups is 2. The SMILES string of the molecule is CNC(C)(C)C(C)(C)N1C(=O)CC(C)(C(C)(C)C)CC1=O. The molecule has 2 amide bonds. The van der Waals surface area contributed by atoms with E-state index < -0.39 is 5.54 Å². The Morgan fingerprint density at radius 3 is 1.62 bits per heavy atom. The van der Waals surface area contributed by atoms with Gasteiger partial charge in [0.25, 0.3) is 0 Å². The third kappa shape index (κ3) is 2.87. The lowest BCUT2D eigenvalue weighted by atomic mass is 9.61. The normalized spacial score (nSPS) is 20.9. The summed E-state index contributed by atoms with van der Waals surface area (Å²) >= 11 is 0. The van der Waals surface area contributed by atoms with Crippen molar-refractivity contribution in [2.45, 2.75) is 79.3 Å². The fraction of sp³-hybridized carbons (Fsp3) is 0.882. The maximum absolute atomic E-state index is 12.8. The third-order valence-electron chi connectivity index (χ3n) is 6.11. The van der Waals surface area contributed by atoms with E-state index in [4.69, 9.17) is 0 Å². The maximum Gasteiger partial charge on any atom is 0.230 e. The highest BCUT2D eigenvalue weighted by atomic mass is 16.2. The molecule has 1 aliphatic heterocycles. The summed E-state index contributed by atoms with van der Waals surface area (Å²) in [6.07, 6.45) is 0.844. The fourth-order valence-corrected chi connectivity index (χ4v) is 2.77. The monoisotopic (exact) mass is 296 g/mol. The molecule has 1 N–H and O–H groups in total. The van der Waals surface area contributed by atoms with Gasteiger partial charge in [-0.2, -0.15) is 0 Å². The predicted molar refractivity (Wildman–Crippen MR) is 85.9 cm³/mol. The number of rotatable bonds is 3. The van der Waals surface area contributed by atoms with E-state index in [1.54, 1.807) is 0 Å². The van der Waals surface area contributed by atoms with Gasteiger partial charge in [0, 0.05) is 18.4 Å². The van der Waals surface area contributed by atoms with Crippen LogP contribution in [0.25, 0.3) is 0 Å². The lowest BCUT2D eigenvalue weighted by Gasteiger charge is -2.53. The van der Waals surface area contributed by atoms with Crippen molar-refractivity contribution < 1.29 is 9.59 Å². The van der Waals surface area contributed by atoms with E-state index >= 15 is 0 Å². The molecule has 4 heteroatoms. The van der Waals surface area contributed by atoms with Crippen LogP contribution in [0.3, 0.4) is 0 Å². The van der Waals surface area contributed by atoms with Crippen LogP contribution in [-0.4, -0.2) is 34.8 Å². The molecule has 0 radical (unpaired) electrons. The Labute approximate surface area is 129 Å². The zero-order chi connectivity index (χ0) is 16.9. The number of amides is 2. The molecule has 4 nitrogen and oxygen atoms in total. The Hall–Kier alpha value is -0.900. The van der Waals surface area contributed by atoms with Crippen molar-refractivity contribution in [3.8, 4) is 0 Å². The molecule has 0 unspecified atom stereocenters. The Morgan fingerprint density at radius 1 is 0.952 bits per heavy atom. The molecule has 21 heavy (non-hydrogen) atoms. The largest absolute Gasteiger partial charge is 0.313 e. The van der Waals surface area contributed by atoms with Crippen LogP contribution in [0.5, 0.6) is 0 Å². The predicted octanol–water partition coefficient (Wildman–Crippen LogP) is 2.96. The minimum Gasteiger partial charge on any atom is -0.313 e. The Morgan fingerprint density at radius 2 is 1.33 bits per heavy atom. The van der Waals surface area contributed by atoms with E-state index in [1.165, 1.54) is 4.90 Å². The van der Waals surface area contributed by atoms with E-state index in [-0.39, 0.29) is 28.2 Å². The van der Waals surface area contributed by atoms with Crippen molar-refractivity contribution in [3.63, 3.8) is 0 Å². The molecule has 1 heterocycles. The van der Waals surface area contributed by atoms with Gasteiger partial charge < -0.3 is 5.32 Å². The van der Waals surface area contributed by atoms with Crippen molar-refractivity contribution in [2.75, 3.05) is 7.05 Å². The summed E-state index contributed by atoms with van der Waals surface area (Å²) in [5, 5.41) is 3.22. The van der Waals surface area contributed by atoms with Crippen LogP contribution in [-0.2, 0) is 9.59 Å². The summed E-state index contributed by atoms with van der Waals surface area (Å²) in [5.74, 6) is -0.117. The lowest BCUT2D eigenvalue weighted by molar-refractivity contribution is -0.166. The minimum atomic E-state index is -0.574. The number of hydrogen-bond acceptors (Lipinski definition) is 3. The van der Waals surface area contributed by atoms with Gasteiger partial charge in [0.2, 0.25) is 11.8 Å². The molecule has 0 aromatic heterocycles. The standard InChI is InChI=1S/C17H32N2O2/c1-14(2,3)17(8)10-12(20)19(13(21)11-17)16(6,7)15(4,5)18-9/h18H,10-11H2,1-9H3. The van der Waals surface area contributed by atoms with Gasteiger partial charge in [-0.15, -0.1) is 0 Å². The molecule has 0 saturated carbocycles. The first-order valence-electron chi connectivity index (χ1n) is 7.74. The van der Waals surface area contributed by atoms with Gasteiger partial charge in [-0.1, -0.05) is 27.7 Å². The molecule has 0 aromatic carbocycles. The first kappa shape index (κ1) is 18.1. The molecule has 0 bridgehead atoms. The molecule has 0 atom stereocenters. The quantitative estimate of drug-likeness (QED) is 0.815. The zero-order valence-corrected chi connectivity index (χ0v) is 15.2. The number of likely N-dealkylation sites (tertiary alicyclic amines) is 1. The Balaban J connectivity index is 3.18. The smallest absolute Gasteiger partial charge is 0.230 e. The molecule has 0 aliphatic carbocycles. The number of hydrogen-bond donors (Lipinski definition) is 1. The molecule has 0 spiro atoms. The van der Waals surface area contributed by atoms with Gasteiger partial charge in [-0.3, -0.25) is 14.5 Å². The highest BCUT2D eigenvalue weighted by Crippen LogP contribution is 2.48. The van der Waals surface area contributed by atoms with Gasteiger partial charge in [-0.05, 0) is 45.6 Å². The van der Waals surface area contributed by atoms with Crippen molar-refractivity contribution in [1.29, 1.82) is 0 Å². The summed E-state index contributed by atoms with van der Waals surface area (Å²) in [6, 6.07) is 0. The third-order valence-corrected chi connectivity index (χ3v) is 6.11. The number of piperidine rings is 1. The molecule has 1 aliphatic rings. The topological polar surface area (TPSA) is 49.4 Å². The van der Waals surface area contributed by atoms with Crippen molar-refractivity contribution in [2.24, 2.45) is 10.8 Å². The molecular weight excluding hydrogens is 264 g/mol. The van der Waals surface area contributed by atoms with Crippen molar-refractivity contribution >= 4 is 11.8 Å². The first-order valence-corrected chi connectivity index (χ1v) is 7.74. The van der Waals surface area contributed by atoms with E-state index in [0.717, 1.165) is 0 Å². The first-order chi connectivity index (χ1) is 9.19. The van der Waals surface area contributed by atoms with E-state index in [1.807, 2.05) is 34.7 Å². The average molecular weight is 296 g/mol. The van der Waals surface area contributed by atoms with Crippen LogP contribution in [0.2, 0.25) is 0 Å². The fourth-order valence-electron chi connectivity index (χ4n) is 2.77. The van der Waals surface area contributed by atoms with E-state index in [2.05, 4.69) is 33.0 Å². The van der Waals surface area contributed by atoms with Gasteiger partial charge in [-0.25, -0.2) is 0 Å². The second-order valence-corrected chi connectivity index (χ2v) is 8.72. The number of nitrogens with zero attached hydrogens (tertiary/aromatic N) is 1. The molecule has 0 aromatic rings. The number of likely N-dealkylation sites (N-methyl/N-ethyl adjacent to an activating group) is 1. The second kappa shape index (κ2) is 5.08. The number of imide groups is 1. The molecular formula is C17H32N2O2. The Kier molecular flexibility index (Phi) is 4.39. The van der Waals surface area contributed by atoms with Gasteiger partial charge in [0.15, 0.2) is 0 Å². The highest BCUT2D eigenvalue weighted by Gasteiger charge is 2.53. The van der Waals surface area contributed by atoms with Crippen LogP contribution >= 0.6 is 0 Å². The van der Waals surface area contributed by atoms with Crippen LogP contribution in [0.1, 0.15) is 68.2 Å². The molecule has 1 rings (SSSR count). The summed E-state index contributed by atoms with van der Waals surface area (Å²) in [4.78, 5) is 27.0. The van der Waals surface area contributed by atoms with Gasteiger partial charge in [0.05, 0.1) is 5.54 Å². The van der Waals surface area contributed by atoms with Crippen molar-refractivity contribution in [1.82, 2.24) is 10.2 Å². The molecule has 1 fully saturated rings. The Bertz CT molecular complexity index is 426. The second-order valence-electron chi connectivity index (χ2n) is 8.72. The van der Waals surface area contributed by atoms with Crippen LogP contribution in [0.15, 0.2) is 0 Å². The van der Waals surface area contributed by atoms with Crippen molar-refractivity contribution in [3.05, 3.63) is 0 Å². The summed E-state index contributed by atoms with van der Waals surface area (Å²) < 4.78 is 0. The van der Waals surface area contributed by atoms with Crippen LogP contribution < -0.4 is 5.32 Å². The van der Waals surface area contributed by atoms with Crippen LogP contribution in [0, 0.1) is 10.8 Å². The zero-order valence-electron chi connectivity index (χ0n) is 15.2. The number of carbonyl (C=O) groups excluding carboxylic acids is 2. The summed E-state index contributed by atoms with van der Waals surface area (Å²) in [7, 11) is 1.86. The number of nitrogens with one attached hydrogen (secondary N) is 1. The highest BCUT2D eigenvalue weighted by molar-refractivity contribution is 5.99. The summed E-state index contributed by atoms with van der Waals surface area (Å²) in [5.41, 5.74) is -1.28.